The van der Waals surface area contributed by atoms with E-state index in [1.54, 1.807) is 30.3 Å². The van der Waals surface area contributed by atoms with Crippen molar-refractivity contribution >= 4 is 46.8 Å². The minimum Gasteiger partial charge on any atom is -0.496 e. The molecular weight excluding hydrogens is 383 g/mol. The summed E-state index contributed by atoms with van der Waals surface area (Å²) in [5.41, 5.74) is 5.48. The molecule has 5 nitrogen and oxygen atoms in total. The van der Waals surface area contributed by atoms with Crippen LogP contribution in [0.2, 0.25) is 10.0 Å². The van der Waals surface area contributed by atoms with Crippen LogP contribution in [0.4, 0.5) is 0 Å². The molecule has 0 atom stereocenters. The smallest absolute Gasteiger partial charge is 0.248 e. The number of methoxy groups -OCH3 is 1. The molecule has 2 aromatic carbocycles. The molecule has 0 bridgehead atoms. The molecule has 8 heteroatoms. The number of ether oxygens (including phenoxy) is 1. The number of benzene rings is 2. The number of amides is 2. The van der Waals surface area contributed by atoms with Crippen molar-refractivity contribution in [2.45, 2.75) is 11.3 Å². The number of rotatable bonds is 6. The summed E-state index contributed by atoms with van der Waals surface area (Å²) in [6.07, 6.45) is 0.0948. The van der Waals surface area contributed by atoms with Gasteiger partial charge in [0.25, 0.3) is 0 Å². The van der Waals surface area contributed by atoms with E-state index in [0.717, 1.165) is 5.56 Å². The number of carbonyl (C=O) groups excluding carboxylic acids is 2. The fourth-order valence-corrected chi connectivity index (χ4v) is 3.27. The first kappa shape index (κ1) is 19.4. The van der Waals surface area contributed by atoms with Gasteiger partial charge in [0.1, 0.15) is 5.75 Å². The van der Waals surface area contributed by atoms with Crippen LogP contribution in [0.15, 0.2) is 47.4 Å². The first-order valence-corrected chi connectivity index (χ1v) is 9.01. The van der Waals surface area contributed by atoms with E-state index in [1.165, 1.54) is 18.9 Å². The average Bonchev–Trinajstić information content (AvgIpc) is 2.61. The van der Waals surface area contributed by atoms with Gasteiger partial charge in [-0.25, -0.2) is 0 Å². The summed E-state index contributed by atoms with van der Waals surface area (Å²) < 4.78 is 5.19. The molecule has 132 valence electrons. The predicted molar refractivity (Wildman–Crippen MR) is 100 cm³/mol. The van der Waals surface area contributed by atoms with Gasteiger partial charge in [0, 0.05) is 15.5 Å². The van der Waals surface area contributed by atoms with Gasteiger partial charge in [-0.15, -0.1) is 11.8 Å². The Morgan fingerprint density at radius 2 is 1.80 bits per heavy atom. The van der Waals surface area contributed by atoms with E-state index in [4.69, 9.17) is 27.9 Å². The third-order valence-corrected chi connectivity index (χ3v) is 4.87. The van der Waals surface area contributed by atoms with Crippen molar-refractivity contribution in [2.24, 2.45) is 0 Å². The van der Waals surface area contributed by atoms with Crippen LogP contribution >= 0.6 is 35.0 Å². The lowest BCUT2D eigenvalue weighted by atomic mass is 10.1. The summed E-state index contributed by atoms with van der Waals surface area (Å²) in [6.45, 7) is 0. The van der Waals surface area contributed by atoms with Gasteiger partial charge in [-0.1, -0.05) is 41.4 Å². The molecule has 0 aromatic heterocycles. The molecule has 0 unspecified atom stereocenters. The average molecular weight is 399 g/mol. The van der Waals surface area contributed by atoms with Crippen LogP contribution in [-0.2, 0) is 16.0 Å². The number of hydrazine groups is 1. The molecule has 0 saturated carbocycles. The molecule has 2 amide bonds. The molecule has 2 aromatic rings. The van der Waals surface area contributed by atoms with Crippen LogP contribution in [0.25, 0.3) is 0 Å². The zero-order valence-corrected chi connectivity index (χ0v) is 15.7. The van der Waals surface area contributed by atoms with E-state index in [-0.39, 0.29) is 24.0 Å². The van der Waals surface area contributed by atoms with Gasteiger partial charge in [0.05, 0.1) is 24.3 Å². The standard InChI is InChI=1S/C17H16Cl2N2O3S/c1-24-14-5-3-2-4-11(14)8-16(22)20-21-17(23)10-25-15-9-12(18)6-7-13(15)19/h2-7,9H,8,10H2,1H3,(H,20,22)(H,21,23). The summed E-state index contributed by atoms with van der Waals surface area (Å²) in [5.74, 6) is 0.0165. The molecule has 0 aliphatic rings. The van der Waals surface area contributed by atoms with Crippen LogP contribution in [0, 0.1) is 0 Å². The summed E-state index contributed by atoms with van der Waals surface area (Å²) in [5, 5.41) is 1.06. The van der Waals surface area contributed by atoms with Gasteiger partial charge in [-0.2, -0.15) is 0 Å². The minimum absolute atomic E-state index is 0.0923. The molecule has 0 spiro atoms. The number of thioether (sulfide) groups is 1. The highest BCUT2D eigenvalue weighted by Crippen LogP contribution is 2.29. The van der Waals surface area contributed by atoms with E-state index in [1.807, 2.05) is 12.1 Å². The van der Waals surface area contributed by atoms with E-state index < -0.39 is 0 Å². The second-order valence-corrected chi connectivity index (χ2v) is 6.81. The van der Waals surface area contributed by atoms with Crippen molar-refractivity contribution in [1.29, 1.82) is 0 Å². The Labute approximate surface area is 160 Å². The number of hydrogen-bond donors (Lipinski definition) is 2. The fourth-order valence-electron chi connectivity index (χ4n) is 1.97. The topological polar surface area (TPSA) is 67.4 Å². The fraction of sp³-hybridized carbons (Fsp3) is 0.176. The second kappa shape index (κ2) is 9.56. The lowest BCUT2D eigenvalue weighted by molar-refractivity contribution is -0.127. The predicted octanol–water partition coefficient (Wildman–Crippen LogP) is 3.48. The number of hydrogen-bond acceptors (Lipinski definition) is 4. The molecule has 0 aliphatic heterocycles. The van der Waals surface area contributed by atoms with Crippen LogP contribution in [0.1, 0.15) is 5.56 Å². The zero-order chi connectivity index (χ0) is 18.2. The maximum atomic E-state index is 11.9. The van der Waals surface area contributed by atoms with Crippen molar-refractivity contribution in [3.05, 3.63) is 58.1 Å². The van der Waals surface area contributed by atoms with Crippen LogP contribution in [0.3, 0.4) is 0 Å². The molecule has 0 heterocycles. The third kappa shape index (κ3) is 6.16. The Kier molecular flexibility index (Phi) is 7.43. The van der Waals surface area contributed by atoms with E-state index in [9.17, 15) is 9.59 Å². The van der Waals surface area contributed by atoms with E-state index >= 15 is 0 Å². The first-order chi connectivity index (χ1) is 12.0. The number of carbonyl (C=O) groups is 2. The Hall–Kier alpha value is -1.89. The van der Waals surface area contributed by atoms with Gasteiger partial charge in [-0.3, -0.25) is 20.4 Å². The van der Waals surface area contributed by atoms with Crippen LogP contribution in [0.5, 0.6) is 5.75 Å². The second-order valence-electron chi connectivity index (χ2n) is 4.95. The molecular formula is C17H16Cl2N2O3S. The molecule has 25 heavy (non-hydrogen) atoms. The van der Waals surface area contributed by atoms with Crippen LogP contribution < -0.4 is 15.6 Å². The Balaban J connectivity index is 1.79. The van der Waals surface area contributed by atoms with Crippen molar-refractivity contribution in [1.82, 2.24) is 10.9 Å². The van der Waals surface area contributed by atoms with Crippen molar-refractivity contribution in [3.8, 4) is 5.75 Å². The van der Waals surface area contributed by atoms with Crippen molar-refractivity contribution < 1.29 is 14.3 Å². The maximum absolute atomic E-state index is 11.9. The Bertz CT molecular complexity index is 771. The molecule has 0 saturated heterocycles. The molecule has 0 fully saturated rings. The summed E-state index contributed by atoms with van der Waals surface area (Å²) in [4.78, 5) is 24.5. The van der Waals surface area contributed by atoms with Gasteiger partial charge in [0.2, 0.25) is 11.8 Å². The van der Waals surface area contributed by atoms with Crippen molar-refractivity contribution in [2.75, 3.05) is 12.9 Å². The lowest BCUT2D eigenvalue weighted by Gasteiger charge is -2.10. The van der Waals surface area contributed by atoms with Gasteiger partial charge in [-0.05, 0) is 24.3 Å². The zero-order valence-electron chi connectivity index (χ0n) is 13.3. The normalized spacial score (nSPS) is 10.2. The Morgan fingerprint density at radius 3 is 2.56 bits per heavy atom. The van der Waals surface area contributed by atoms with Gasteiger partial charge in [0.15, 0.2) is 0 Å². The molecule has 0 aliphatic carbocycles. The van der Waals surface area contributed by atoms with E-state index in [2.05, 4.69) is 10.9 Å². The first-order valence-electron chi connectivity index (χ1n) is 7.27. The quantitative estimate of drug-likeness (QED) is 0.577. The SMILES string of the molecule is COc1ccccc1CC(=O)NNC(=O)CSc1cc(Cl)ccc1Cl. The van der Waals surface area contributed by atoms with E-state index in [0.29, 0.717) is 20.7 Å². The van der Waals surface area contributed by atoms with Crippen LogP contribution in [-0.4, -0.2) is 24.7 Å². The number of para-hydroxylation sites is 1. The molecule has 2 N–H and O–H groups in total. The highest BCUT2D eigenvalue weighted by atomic mass is 35.5. The third-order valence-electron chi connectivity index (χ3n) is 3.14. The maximum Gasteiger partial charge on any atom is 0.248 e. The highest BCUT2D eigenvalue weighted by Gasteiger charge is 2.10. The largest absolute Gasteiger partial charge is 0.496 e. The molecule has 2 rings (SSSR count). The monoisotopic (exact) mass is 398 g/mol. The number of nitrogens with one attached hydrogen (secondary N) is 2. The van der Waals surface area contributed by atoms with Gasteiger partial charge < -0.3 is 4.74 Å². The summed E-state index contributed by atoms with van der Waals surface area (Å²) in [7, 11) is 1.54. The molecule has 0 radical (unpaired) electrons. The summed E-state index contributed by atoms with van der Waals surface area (Å²) >= 11 is 13.2. The number of halogens is 2. The minimum atomic E-state index is -0.352. The van der Waals surface area contributed by atoms with Crippen molar-refractivity contribution in [3.63, 3.8) is 0 Å². The highest BCUT2D eigenvalue weighted by molar-refractivity contribution is 8.00. The summed E-state index contributed by atoms with van der Waals surface area (Å²) in [6, 6.07) is 12.2. The Morgan fingerprint density at radius 1 is 1.08 bits per heavy atom. The van der Waals surface area contributed by atoms with Gasteiger partial charge >= 0.3 is 0 Å². The lowest BCUT2D eigenvalue weighted by Crippen LogP contribution is -2.43.